The molecule has 1 fully saturated rings. The summed E-state index contributed by atoms with van der Waals surface area (Å²) in [5.74, 6) is 6.23. The molecule has 2 atom stereocenters. The molecular formula is C16H22N2O2S. The van der Waals surface area contributed by atoms with Crippen LogP contribution in [0.4, 0.5) is 0 Å². The Morgan fingerprint density at radius 2 is 1.95 bits per heavy atom. The number of nitrogens with zero attached hydrogens (tertiary/aromatic N) is 1. The molecule has 1 aromatic rings. The lowest BCUT2D eigenvalue weighted by molar-refractivity contribution is 0.220. The molecule has 0 aromatic heterocycles. The molecule has 0 bridgehead atoms. The van der Waals surface area contributed by atoms with Crippen LogP contribution < -0.4 is 5.73 Å². The molecule has 114 valence electrons. The molecule has 21 heavy (non-hydrogen) atoms. The van der Waals surface area contributed by atoms with Gasteiger partial charge in [0.25, 0.3) is 0 Å². The second-order valence-corrected chi connectivity index (χ2v) is 7.52. The fourth-order valence-electron chi connectivity index (χ4n) is 2.74. The Morgan fingerprint density at radius 3 is 2.52 bits per heavy atom. The van der Waals surface area contributed by atoms with Gasteiger partial charge in [0.1, 0.15) is 0 Å². The van der Waals surface area contributed by atoms with E-state index in [4.69, 9.17) is 5.73 Å². The molecular weight excluding hydrogens is 284 g/mol. The van der Waals surface area contributed by atoms with Crippen LogP contribution in [-0.4, -0.2) is 31.9 Å². The summed E-state index contributed by atoms with van der Waals surface area (Å²) >= 11 is 0. The van der Waals surface area contributed by atoms with E-state index in [-0.39, 0.29) is 6.04 Å². The van der Waals surface area contributed by atoms with Crippen molar-refractivity contribution in [3.05, 3.63) is 29.8 Å². The SMILES string of the molecule is CC1CCN(S(=O)(=O)c2ccc(C#CCN)cc2)C(C)C1. The number of hydrogen-bond donors (Lipinski definition) is 1. The summed E-state index contributed by atoms with van der Waals surface area (Å²) in [7, 11) is -3.41. The predicted octanol–water partition coefficient (Wildman–Crippen LogP) is 1.81. The zero-order valence-electron chi connectivity index (χ0n) is 12.5. The first-order valence-electron chi connectivity index (χ1n) is 7.26. The molecule has 0 radical (unpaired) electrons. The van der Waals surface area contributed by atoms with E-state index >= 15 is 0 Å². The standard InChI is InChI=1S/C16H22N2O2S/c1-13-9-11-18(14(2)12-13)21(19,20)16-7-5-15(6-8-16)4-3-10-17/h5-8,13-14H,9-12,17H2,1-2H3. The van der Waals surface area contributed by atoms with Crippen molar-refractivity contribution in [3.8, 4) is 11.8 Å². The summed E-state index contributed by atoms with van der Waals surface area (Å²) in [5.41, 5.74) is 6.10. The molecule has 1 aliphatic rings. The third-order valence-corrected chi connectivity index (χ3v) is 5.90. The second kappa shape index (κ2) is 6.61. The van der Waals surface area contributed by atoms with Crippen LogP contribution in [0.15, 0.2) is 29.2 Å². The van der Waals surface area contributed by atoms with Crippen molar-refractivity contribution < 1.29 is 8.42 Å². The van der Waals surface area contributed by atoms with Crippen LogP contribution in [0.3, 0.4) is 0 Å². The van der Waals surface area contributed by atoms with Gasteiger partial charge in [-0.05, 0) is 49.9 Å². The fraction of sp³-hybridized carbons (Fsp3) is 0.500. The summed E-state index contributed by atoms with van der Waals surface area (Å²) in [6, 6.07) is 6.76. The third-order valence-electron chi connectivity index (χ3n) is 3.87. The first kappa shape index (κ1) is 16.0. The summed E-state index contributed by atoms with van der Waals surface area (Å²) in [4.78, 5) is 0.335. The number of hydrogen-bond acceptors (Lipinski definition) is 3. The van der Waals surface area contributed by atoms with Gasteiger partial charge in [0.2, 0.25) is 10.0 Å². The van der Waals surface area contributed by atoms with Gasteiger partial charge in [0.05, 0.1) is 11.4 Å². The van der Waals surface area contributed by atoms with Crippen molar-refractivity contribution in [1.29, 1.82) is 0 Å². The average Bonchev–Trinajstić information content (AvgIpc) is 2.45. The molecule has 4 nitrogen and oxygen atoms in total. The Kier molecular flexibility index (Phi) is 5.04. The van der Waals surface area contributed by atoms with Gasteiger partial charge in [0, 0.05) is 18.2 Å². The maximum atomic E-state index is 12.7. The predicted molar refractivity (Wildman–Crippen MR) is 84.1 cm³/mol. The Morgan fingerprint density at radius 1 is 1.29 bits per heavy atom. The van der Waals surface area contributed by atoms with E-state index in [1.54, 1.807) is 28.6 Å². The summed E-state index contributed by atoms with van der Waals surface area (Å²) < 4.78 is 27.0. The molecule has 2 unspecified atom stereocenters. The van der Waals surface area contributed by atoms with E-state index in [9.17, 15) is 8.42 Å². The summed E-state index contributed by atoms with van der Waals surface area (Å²) in [5, 5.41) is 0. The minimum Gasteiger partial charge on any atom is -0.320 e. The lowest BCUT2D eigenvalue weighted by atomic mass is 9.95. The number of piperidine rings is 1. The van der Waals surface area contributed by atoms with Gasteiger partial charge in [-0.2, -0.15) is 4.31 Å². The topological polar surface area (TPSA) is 63.4 Å². The lowest BCUT2D eigenvalue weighted by Gasteiger charge is -2.35. The number of benzene rings is 1. The van der Waals surface area contributed by atoms with E-state index < -0.39 is 10.0 Å². The van der Waals surface area contributed by atoms with E-state index in [1.807, 2.05) is 6.92 Å². The van der Waals surface area contributed by atoms with E-state index in [0.717, 1.165) is 18.4 Å². The highest BCUT2D eigenvalue weighted by Crippen LogP contribution is 2.28. The maximum Gasteiger partial charge on any atom is 0.243 e. The fourth-order valence-corrected chi connectivity index (χ4v) is 4.40. The van der Waals surface area contributed by atoms with Crippen LogP contribution in [0, 0.1) is 17.8 Å². The third kappa shape index (κ3) is 3.65. The molecule has 1 aromatic carbocycles. The minimum absolute atomic E-state index is 0.0514. The van der Waals surface area contributed by atoms with Crippen molar-refractivity contribution >= 4 is 10.0 Å². The normalized spacial score (nSPS) is 23.4. The van der Waals surface area contributed by atoms with Crippen LogP contribution in [-0.2, 0) is 10.0 Å². The Balaban J connectivity index is 2.23. The van der Waals surface area contributed by atoms with Gasteiger partial charge in [-0.1, -0.05) is 18.8 Å². The monoisotopic (exact) mass is 306 g/mol. The highest BCUT2D eigenvalue weighted by atomic mass is 32.2. The van der Waals surface area contributed by atoms with Gasteiger partial charge in [-0.3, -0.25) is 0 Å². The summed E-state index contributed by atoms with van der Waals surface area (Å²) in [6.45, 7) is 5.04. The zero-order chi connectivity index (χ0) is 15.5. The van der Waals surface area contributed by atoms with Gasteiger partial charge in [-0.25, -0.2) is 8.42 Å². The Bertz CT molecular complexity index is 641. The van der Waals surface area contributed by atoms with Crippen LogP contribution in [0.2, 0.25) is 0 Å². The molecule has 2 N–H and O–H groups in total. The van der Waals surface area contributed by atoms with Crippen molar-refractivity contribution in [2.75, 3.05) is 13.1 Å². The molecule has 1 heterocycles. The van der Waals surface area contributed by atoms with Gasteiger partial charge in [-0.15, -0.1) is 0 Å². The average molecular weight is 306 g/mol. The first-order valence-corrected chi connectivity index (χ1v) is 8.70. The highest BCUT2D eigenvalue weighted by molar-refractivity contribution is 7.89. The first-order chi connectivity index (χ1) is 9.95. The largest absolute Gasteiger partial charge is 0.320 e. The van der Waals surface area contributed by atoms with E-state index in [2.05, 4.69) is 18.8 Å². The zero-order valence-corrected chi connectivity index (χ0v) is 13.4. The highest BCUT2D eigenvalue weighted by Gasteiger charge is 2.32. The molecule has 0 aliphatic carbocycles. The molecule has 0 saturated carbocycles. The van der Waals surface area contributed by atoms with Crippen molar-refractivity contribution in [3.63, 3.8) is 0 Å². The van der Waals surface area contributed by atoms with Crippen LogP contribution in [0.1, 0.15) is 32.3 Å². The quantitative estimate of drug-likeness (QED) is 0.848. The number of sulfonamides is 1. The van der Waals surface area contributed by atoms with Crippen LogP contribution in [0.5, 0.6) is 0 Å². The van der Waals surface area contributed by atoms with Crippen LogP contribution >= 0.6 is 0 Å². The number of rotatable bonds is 2. The van der Waals surface area contributed by atoms with E-state index in [1.165, 1.54) is 0 Å². The lowest BCUT2D eigenvalue weighted by Crippen LogP contribution is -2.44. The van der Waals surface area contributed by atoms with Crippen molar-refractivity contribution in [1.82, 2.24) is 4.31 Å². The Labute approximate surface area is 127 Å². The van der Waals surface area contributed by atoms with Crippen LogP contribution in [0.25, 0.3) is 0 Å². The molecule has 5 heteroatoms. The maximum absolute atomic E-state index is 12.7. The molecule has 0 amide bonds. The molecule has 2 rings (SSSR count). The second-order valence-electron chi connectivity index (χ2n) is 5.62. The van der Waals surface area contributed by atoms with Gasteiger partial charge < -0.3 is 5.73 Å². The van der Waals surface area contributed by atoms with E-state index in [0.29, 0.717) is 23.9 Å². The van der Waals surface area contributed by atoms with Gasteiger partial charge >= 0.3 is 0 Å². The Hall–Kier alpha value is -1.35. The van der Waals surface area contributed by atoms with Crippen molar-refractivity contribution in [2.45, 2.75) is 37.6 Å². The van der Waals surface area contributed by atoms with Gasteiger partial charge in [0.15, 0.2) is 0 Å². The smallest absolute Gasteiger partial charge is 0.243 e. The van der Waals surface area contributed by atoms with Crippen molar-refractivity contribution in [2.24, 2.45) is 11.7 Å². The molecule has 1 saturated heterocycles. The molecule has 1 aliphatic heterocycles. The molecule has 0 spiro atoms. The minimum atomic E-state index is -3.41. The summed E-state index contributed by atoms with van der Waals surface area (Å²) in [6.07, 6.45) is 1.84. The number of nitrogens with two attached hydrogens (primary N) is 1.